The van der Waals surface area contributed by atoms with Crippen LogP contribution >= 0.6 is 24.0 Å². The second-order valence-corrected chi connectivity index (χ2v) is 6.00. The Morgan fingerprint density at radius 3 is 2.50 bits per heavy atom. The molecule has 1 aliphatic heterocycles. The zero-order valence-electron chi connectivity index (χ0n) is 12.3. The topological polar surface area (TPSA) is 67.9 Å². The van der Waals surface area contributed by atoms with E-state index in [2.05, 4.69) is 5.32 Å². The summed E-state index contributed by atoms with van der Waals surface area (Å²) in [7, 11) is 2.98. The third-order valence-corrected chi connectivity index (χ3v) is 4.55. The first kappa shape index (κ1) is 16.6. The van der Waals surface area contributed by atoms with Gasteiger partial charge in [0.05, 0.1) is 20.0 Å². The second-order valence-electron chi connectivity index (χ2n) is 4.39. The van der Waals surface area contributed by atoms with E-state index in [9.17, 15) is 9.59 Å². The van der Waals surface area contributed by atoms with Crippen molar-refractivity contribution >= 4 is 40.1 Å². The smallest absolute Gasteiger partial charge is 0.258 e. The molecule has 0 unspecified atom stereocenters. The number of amides is 2. The summed E-state index contributed by atoms with van der Waals surface area (Å²) in [5.41, 5.74) is 0.331. The van der Waals surface area contributed by atoms with Gasteiger partial charge >= 0.3 is 0 Å². The lowest BCUT2D eigenvalue weighted by molar-refractivity contribution is -0.123. The number of nitrogens with zero attached hydrogens (tertiary/aromatic N) is 1. The molecule has 0 saturated carbocycles. The second kappa shape index (κ2) is 7.46. The molecule has 6 nitrogen and oxygen atoms in total. The number of hydrogen-bond acceptors (Lipinski definition) is 6. The van der Waals surface area contributed by atoms with Gasteiger partial charge in [-0.15, -0.1) is 0 Å². The van der Waals surface area contributed by atoms with Crippen LogP contribution in [0.25, 0.3) is 0 Å². The van der Waals surface area contributed by atoms with Gasteiger partial charge in [-0.2, -0.15) is 0 Å². The fourth-order valence-electron chi connectivity index (χ4n) is 2.04. The zero-order valence-corrected chi connectivity index (χ0v) is 13.9. The highest BCUT2D eigenvalue weighted by molar-refractivity contribution is 8.23. The molecule has 1 fully saturated rings. The summed E-state index contributed by atoms with van der Waals surface area (Å²) in [6.45, 7) is 0.653. The number of carbonyl (C=O) groups excluding carboxylic acids is 2. The highest BCUT2D eigenvalue weighted by Gasteiger charge is 2.26. The molecule has 0 bridgehead atoms. The lowest BCUT2D eigenvalue weighted by atomic mass is 10.1. The maximum absolute atomic E-state index is 12.3. The van der Waals surface area contributed by atoms with Gasteiger partial charge in [-0.3, -0.25) is 14.5 Å². The van der Waals surface area contributed by atoms with Crippen LogP contribution in [0.15, 0.2) is 18.2 Å². The van der Waals surface area contributed by atoms with Crippen molar-refractivity contribution < 1.29 is 19.1 Å². The van der Waals surface area contributed by atoms with Gasteiger partial charge in [0, 0.05) is 13.1 Å². The molecular formula is C14H16N2O4S2. The summed E-state index contributed by atoms with van der Waals surface area (Å²) in [5, 5.41) is 2.75. The van der Waals surface area contributed by atoms with Gasteiger partial charge in [0.25, 0.3) is 5.91 Å². The Morgan fingerprint density at radius 1 is 1.36 bits per heavy atom. The number of ether oxygens (including phenoxy) is 2. The molecule has 1 aromatic rings. The summed E-state index contributed by atoms with van der Waals surface area (Å²) in [6, 6.07) is 5.12. The van der Waals surface area contributed by atoms with Crippen LogP contribution in [0.5, 0.6) is 11.5 Å². The predicted molar refractivity (Wildman–Crippen MR) is 88.6 cm³/mol. The predicted octanol–water partition coefficient (Wildman–Crippen LogP) is 1.29. The first-order chi connectivity index (χ1) is 10.6. The van der Waals surface area contributed by atoms with E-state index in [4.69, 9.17) is 21.7 Å². The Morgan fingerprint density at radius 2 is 2.00 bits per heavy atom. The quantitative estimate of drug-likeness (QED) is 0.787. The fraction of sp³-hybridized carbons (Fsp3) is 0.357. The van der Waals surface area contributed by atoms with E-state index < -0.39 is 0 Å². The Bertz CT molecular complexity index is 568. The molecule has 2 rings (SSSR count). The summed E-state index contributed by atoms with van der Waals surface area (Å²) in [4.78, 5) is 25.4. The molecule has 1 aromatic carbocycles. The molecule has 22 heavy (non-hydrogen) atoms. The number of nitrogens with one attached hydrogen (secondary N) is 1. The van der Waals surface area contributed by atoms with Crippen molar-refractivity contribution in [2.24, 2.45) is 0 Å². The monoisotopic (exact) mass is 340 g/mol. The number of benzene rings is 1. The number of thiocarbonyl (C=S) groups is 1. The van der Waals surface area contributed by atoms with Crippen molar-refractivity contribution in [3.63, 3.8) is 0 Å². The van der Waals surface area contributed by atoms with Crippen molar-refractivity contribution in [3.8, 4) is 11.5 Å². The Balaban J connectivity index is 2.01. The van der Waals surface area contributed by atoms with Crippen LogP contribution in [0.2, 0.25) is 0 Å². The minimum atomic E-state index is -0.320. The number of rotatable bonds is 6. The van der Waals surface area contributed by atoms with Crippen LogP contribution in [0.4, 0.5) is 0 Å². The van der Waals surface area contributed by atoms with Crippen LogP contribution in [-0.2, 0) is 4.79 Å². The summed E-state index contributed by atoms with van der Waals surface area (Å²) < 4.78 is 10.9. The van der Waals surface area contributed by atoms with E-state index in [1.165, 1.54) is 30.9 Å². The van der Waals surface area contributed by atoms with E-state index in [1.807, 2.05) is 0 Å². The lowest BCUT2D eigenvalue weighted by Crippen LogP contribution is -2.37. The average molecular weight is 340 g/mol. The Kier molecular flexibility index (Phi) is 5.62. The maximum Gasteiger partial charge on any atom is 0.258 e. The number of thioether (sulfide) groups is 1. The van der Waals surface area contributed by atoms with E-state index in [-0.39, 0.29) is 11.8 Å². The van der Waals surface area contributed by atoms with E-state index in [0.29, 0.717) is 40.2 Å². The van der Waals surface area contributed by atoms with Gasteiger partial charge in [0.15, 0.2) is 0 Å². The van der Waals surface area contributed by atoms with Gasteiger partial charge in [-0.05, 0) is 12.1 Å². The molecule has 0 radical (unpaired) electrons. The molecule has 8 heteroatoms. The molecule has 1 aliphatic rings. The van der Waals surface area contributed by atoms with E-state index in [0.717, 1.165) is 0 Å². The maximum atomic E-state index is 12.3. The molecule has 0 aromatic heterocycles. The number of carbonyl (C=O) groups is 2. The summed E-state index contributed by atoms with van der Waals surface area (Å²) >= 11 is 6.42. The molecule has 2 amide bonds. The molecule has 1 N–H and O–H groups in total. The van der Waals surface area contributed by atoms with Crippen molar-refractivity contribution in [1.82, 2.24) is 10.2 Å². The summed E-state index contributed by atoms with van der Waals surface area (Å²) in [6.07, 6.45) is 0. The van der Waals surface area contributed by atoms with Crippen molar-refractivity contribution in [2.75, 3.05) is 33.1 Å². The highest BCUT2D eigenvalue weighted by Crippen LogP contribution is 2.27. The van der Waals surface area contributed by atoms with Gasteiger partial charge < -0.3 is 14.8 Å². The molecule has 0 atom stereocenters. The Hall–Kier alpha value is -1.80. The van der Waals surface area contributed by atoms with E-state index in [1.54, 1.807) is 18.2 Å². The fourth-order valence-corrected chi connectivity index (χ4v) is 3.16. The van der Waals surface area contributed by atoms with Crippen molar-refractivity contribution in [1.29, 1.82) is 0 Å². The Labute approximate surface area is 138 Å². The molecular weight excluding hydrogens is 324 g/mol. The highest BCUT2D eigenvalue weighted by atomic mass is 32.2. The number of hydrogen-bond donors (Lipinski definition) is 1. The third kappa shape index (κ3) is 3.50. The van der Waals surface area contributed by atoms with Crippen LogP contribution in [-0.4, -0.2) is 54.1 Å². The van der Waals surface area contributed by atoms with Crippen LogP contribution in [0.3, 0.4) is 0 Å². The van der Waals surface area contributed by atoms with Crippen LogP contribution < -0.4 is 14.8 Å². The number of methoxy groups -OCH3 is 2. The first-order valence-corrected chi connectivity index (χ1v) is 7.94. The standard InChI is InChI=1S/C14H16N2O4S2/c1-19-9-4-3-5-10(20-2)12(9)13(18)15-6-7-16-11(17)8-22-14(16)21/h3-5H,6-8H2,1-2H3,(H,15,18). The average Bonchev–Trinajstić information content (AvgIpc) is 2.85. The molecule has 0 spiro atoms. The van der Waals surface area contributed by atoms with Gasteiger partial charge in [-0.1, -0.05) is 30.0 Å². The van der Waals surface area contributed by atoms with Gasteiger partial charge in [0.2, 0.25) is 5.91 Å². The van der Waals surface area contributed by atoms with Crippen LogP contribution in [0, 0.1) is 0 Å². The molecule has 1 heterocycles. The molecule has 0 aliphatic carbocycles. The largest absolute Gasteiger partial charge is 0.496 e. The molecule has 118 valence electrons. The van der Waals surface area contributed by atoms with Gasteiger partial charge in [0.1, 0.15) is 21.4 Å². The normalized spacial score (nSPS) is 14.2. The summed E-state index contributed by atoms with van der Waals surface area (Å²) in [5.74, 6) is 0.881. The van der Waals surface area contributed by atoms with Crippen LogP contribution in [0.1, 0.15) is 10.4 Å². The van der Waals surface area contributed by atoms with E-state index >= 15 is 0 Å². The third-order valence-electron chi connectivity index (χ3n) is 3.12. The minimum absolute atomic E-state index is 0.0286. The van der Waals surface area contributed by atoms with Gasteiger partial charge in [-0.25, -0.2) is 0 Å². The lowest BCUT2D eigenvalue weighted by Gasteiger charge is -2.16. The minimum Gasteiger partial charge on any atom is -0.496 e. The zero-order chi connectivity index (χ0) is 16.1. The van der Waals surface area contributed by atoms with Crippen molar-refractivity contribution in [2.45, 2.75) is 0 Å². The SMILES string of the molecule is COc1cccc(OC)c1C(=O)NCCN1C(=O)CSC1=S. The van der Waals surface area contributed by atoms with Crippen molar-refractivity contribution in [3.05, 3.63) is 23.8 Å². The first-order valence-electron chi connectivity index (χ1n) is 6.54. The molecule has 1 saturated heterocycles.